The fourth-order valence-corrected chi connectivity index (χ4v) is 3.83. The van der Waals surface area contributed by atoms with Crippen molar-refractivity contribution in [2.75, 3.05) is 13.2 Å². The number of benzene rings is 2. The highest BCUT2D eigenvalue weighted by atomic mass is 35.5. The van der Waals surface area contributed by atoms with Crippen LogP contribution in [0, 0.1) is 5.92 Å². The van der Waals surface area contributed by atoms with Gasteiger partial charge >= 0.3 is 12.3 Å². The minimum absolute atomic E-state index is 0.0234. The number of phenolic OH excluding ortho intramolecular Hbond substituents is 1. The molecule has 2 aromatic carbocycles. The highest BCUT2D eigenvalue weighted by molar-refractivity contribution is 6.34. The van der Waals surface area contributed by atoms with Crippen molar-refractivity contribution < 1.29 is 46.8 Å². The Bertz CT molecular complexity index is 1310. The molecule has 4 rings (SSSR count). The number of alkyl halides is 3. The summed E-state index contributed by atoms with van der Waals surface area (Å²) in [4.78, 5) is 23.4. The van der Waals surface area contributed by atoms with Crippen LogP contribution in [0.1, 0.15) is 12.8 Å². The number of aliphatic carboxylic acids is 1. The molecule has 1 aromatic heterocycles. The summed E-state index contributed by atoms with van der Waals surface area (Å²) < 4.78 is 59.2. The maximum atomic E-state index is 12.8. The number of hydrogen-bond acceptors (Lipinski definition) is 7. The molecule has 0 unspecified atom stereocenters. The second-order valence-electron chi connectivity index (χ2n) is 7.80. The summed E-state index contributed by atoms with van der Waals surface area (Å²) in [6, 6.07) is 7.31. The van der Waals surface area contributed by atoms with Crippen molar-refractivity contribution in [2.45, 2.75) is 25.3 Å². The SMILES string of the molecule is O=c1cc(-c2cc(OC(F)(F)F)c(O)cc2OCCO[C@H]2C[C@@H](C(=O)O)C2)oc2c(Cl)cccc12. The molecule has 0 aliphatic heterocycles. The summed E-state index contributed by atoms with van der Waals surface area (Å²) >= 11 is 6.12. The first-order valence-corrected chi connectivity index (χ1v) is 10.7. The van der Waals surface area contributed by atoms with Gasteiger partial charge in [0.1, 0.15) is 18.1 Å². The van der Waals surface area contributed by atoms with E-state index in [1.807, 2.05) is 0 Å². The second kappa shape index (κ2) is 9.67. The van der Waals surface area contributed by atoms with E-state index in [-0.39, 0.29) is 52.4 Å². The normalized spacial score (nSPS) is 17.7. The first kappa shape index (κ1) is 24.7. The van der Waals surface area contributed by atoms with Crippen LogP contribution in [0.4, 0.5) is 13.2 Å². The lowest BCUT2D eigenvalue weighted by molar-refractivity contribution is -0.275. The molecule has 0 atom stereocenters. The number of carbonyl (C=O) groups is 1. The summed E-state index contributed by atoms with van der Waals surface area (Å²) in [5.41, 5.74) is -0.576. The van der Waals surface area contributed by atoms with E-state index >= 15 is 0 Å². The number of aromatic hydroxyl groups is 1. The van der Waals surface area contributed by atoms with E-state index in [0.29, 0.717) is 12.8 Å². The molecule has 12 heteroatoms. The zero-order chi connectivity index (χ0) is 25.3. The van der Waals surface area contributed by atoms with Gasteiger partial charge in [0.25, 0.3) is 0 Å². The van der Waals surface area contributed by atoms with Crippen LogP contribution >= 0.6 is 11.6 Å². The molecule has 1 aliphatic carbocycles. The Morgan fingerprint density at radius 3 is 2.57 bits per heavy atom. The van der Waals surface area contributed by atoms with Gasteiger partial charge in [0.05, 0.1) is 34.6 Å². The molecule has 3 aromatic rings. The van der Waals surface area contributed by atoms with Gasteiger partial charge < -0.3 is 28.8 Å². The Labute approximate surface area is 200 Å². The van der Waals surface area contributed by atoms with Crippen LogP contribution in [0.5, 0.6) is 17.2 Å². The molecule has 0 bridgehead atoms. The lowest BCUT2D eigenvalue weighted by Gasteiger charge is -2.32. The number of para-hydroxylation sites is 1. The van der Waals surface area contributed by atoms with Crippen LogP contribution in [0.15, 0.2) is 45.6 Å². The zero-order valence-corrected chi connectivity index (χ0v) is 18.6. The maximum absolute atomic E-state index is 12.8. The van der Waals surface area contributed by atoms with Crippen LogP contribution in [-0.2, 0) is 9.53 Å². The van der Waals surface area contributed by atoms with E-state index < -0.39 is 35.2 Å². The fourth-order valence-electron chi connectivity index (χ4n) is 3.61. The average Bonchev–Trinajstić information content (AvgIpc) is 2.73. The van der Waals surface area contributed by atoms with Crippen LogP contribution in [0.2, 0.25) is 5.02 Å². The quantitative estimate of drug-likeness (QED) is 0.405. The summed E-state index contributed by atoms with van der Waals surface area (Å²) in [5.74, 6) is -3.39. The Morgan fingerprint density at radius 1 is 1.14 bits per heavy atom. The van der Waals surface area contributed by atoms with Gasteiger partial charge in [0, 0.05) is 12.1 Å². The van der Waals surface area contributed by atoms with Gasteiger partial charge in [-0.3, -0.25) is 9.59 Å². The predicted octanol–water partition coefficient (Wildman–Crippen LogP) is 4.98. The van der Waals surface area contributed by atoms with Gasteiger partial charge in [0.15, 0.2) is 22.5 Å². The molecule has 1 saturated carbocycles. The third kappa shape index (κ3) is 5.63. The van der Waals surface area contributed by atoms with E-state index in [0.717, 1.165) is 18.2 Å². The Morgan fingerprint density at radius 2 is 1.89 bits per heavy atom. The maximum Gasteiger partial charge on any atom is 0.573 e. The lowest BCUT2D eigenvalue weighted by atomic mass is 9.82. The number of ether oxygens (including phenoxy) is 3. The number of rotatable bonds is 8. The second-order valence-corrected chi connectivity index (χ2v) is 8.21. The van der Waals surface area contributed by atoms with Crippen molar-refractivity contribution in [3.8, 4) is 28.6 Å². The number of halogens is 4. The van der Waals surface area contributed by atoms with E-state index in [1.54, 1.807) is 6.07 Å². The number of phenols is 1. The van der Waals surface area contributed by atoms with Gasteiger partial charge in [-0.15, -0.1) is 13.2 Å². The first-order chi connectivity index (χ1) is 16.5. The van der Waals surface area contributed by atoms with Crippen molar-refractivity contribution in [3.63, 3.8) is 0 Å². The largest absolute Gasteiger partial charge is 0.573 e. The fraction of sp³-hybridized carbons (Fsp3) is 0.304. The van der Waals surface area contributed by atoms with Crippen molar-refractivity contribution in [1.29, 1.82) is 0 Å². The molecular weight excluding hydrogens is 497 g/mol. The molecule has 0 amide bonds. The molecule has 8 nitrogen and oxygen atoms in total. The van der Waals surface area contributed by atoms with E-state index in [1.165, 1.54) is 12.1 Å². The number of carboxylic acid groups (broad SMARTS) is 1. The molecular formula is C23H18ClF3O8. The van der Waals surface area contributed by atoms with Crippen LogP contribution in [0.25, 0.3) is 22.3 Å². The van der Waals surface area contributed by atoms with Crippen molar-refractivity contribution in [2.24, 2.45) is 5.92 Å². The summed E-state index contributed by atoms with van der Waals surface area (Å²) in [5, 5.41) is 19.3. The number of carboxylic acids is 1. The molecule has 186 valence electrons. The van der Waals surface area contributed by atoms with E-state index in [9.17, 15) is 27.9 Å². The molecule has 35 heavy (non-hydrogen) atoms. The van der Waals surface area contributed by atoms with Crippen LogP contribution in [-0.4, -0.2) is 41.9 Å². The monoisotopic (exact) mass is 514 g/mol. The molecule has 1 heterocycles. The third-order valence-electron chi connectivity index (χ3n) is 5.40. The third-order valence-corrected chi connectivity index (χ3v) is 5.70. The first-order valence-electron chi connectivity index (χ1n) is 10.3. The lowest BCUT2D eigenvalue weighted by Crippen LogP contribution is -2.37. The van der Waals surface area contributed by atoms with Crippen LogP contribution in [0.3, 0.4) is 0 Å². The number of hydrogen-bond donors (Lipinski definition) is 2. The van der Waals surface area contributed by atoms with Gasteiger partial charge in [-0.25, -0.2) is 0 Å². The van der Waals surface area contributed by atoms with Gasteiger partial charge in [-0.05, 0) is 31.0 Å². The summed E-state index contributed by atoms with van der Waals surface area (Å²) in [7, 11) is 0. The van der Waals surface area contributed by atoms with Crippen molar-refractivity contribution >= 4 is 28.5 Å². The molecule has 1 fully saturated rings. The summed E-state index contributed by atoms with van der Waals surface area (Å²) in [6.45, 7) is -0.0375. The highest BCUT2D eigenvalue weighted by Gasteiger charge is 2.35. The molecule has 1 aliphatic rings. The van der Waals surface area contributed by atoms with Crippen LogP contribution < -0.4 is 14.9 Å². The van der Waals surface area contributed by atoms with Gasteiger partial charge in [-0.1, -0.05) is 17.7 Å². The topological polar surface area (TPSA) is 115 Å². The van der Waals surface area contributed by atoms with E-state index in [2.05, 4.69) is 4.74 Å². The smallest absolute Gasteiger partial charge is 0.504 e. The Kier molecular flexibility index (Phi) is 6.82. The van der Waals surface area contributed by atoms with Gasteiger partial charge in [0.2, 0.25) is 0 Å². The van der Waals surface area contributed by atoms with Crippen molar-refractivity contribution in [1.82, 2.24) is 0 Å². The predicted molar refractivity (Wildman–Crippen MR) is 117 cm³/mol. The molecule has 0 saturated heterocycles. The average molecular weight is 515 g/mol. The molecule has 0 spiro atoms. The van der Waals surface area contributed by atoms with E-state index in [4.69, 9.17) is 30.6 Å². The zero-order valence-electron chi connectivity index (χ0n) is 17.8. The molecule has 0 radical (unpaired) electrons. The van der Waals surface area contributed by atoms with Crippen molar-refractivity contribution in [3.05, 3.63) is 51.6 Å². The highest BCUT2D eigenvalue weighted by Crippen LogP contribution is 2.42. The Balaban J connectivity index is 1.62. The summed E-state index contributed by atoms with van der Waals surface area (Å²) in [6.07, 6.45) is -4.59. The number of fused-ring (bicyclic) bond motifs is 1. The minimum atomic E-state index is -5.09. The van der Waals surface area contributed by atoms with Gasteiger partial charge in [-0.2, -0.15) is 0 Å². The Hall–Kier alpha value is -3.44. The standard InChI is InChI=1S/C23H18ClF3O8/c24-15-3-1-2-13-16(28)9-19(34-21(13)15)14-8-20(35-23(25,26)27)17(29)10-18(14)33-5-4-32-12-6-11(7-12)22(30)31/h1-3,8-12,29H,4-7H2,(H,30,31)/t11-,12+. The molecule has 2 N–H and O–H groups in total. The minimum Gasteiger partial charge on any atom is -0.504 e.